The molecule has 1 saturated carbocycles. The Balaban J connectivity index is 2.17. The van der Waals surface area contributed by atoms with Gasteiger partial charge in [-0.25, -0.2) is 0 Å². The van der Waals surface area contributed by atoms with E-state index < -0.39 is 0 Å². The summed E-state index contributed by atoms with van der Waals surface area (Å²) in [6.45, 7) is -0.316. The lowest BCUT2D eigenvalue weighted by molar-refractivity contribution is -0.109. The lowest BCUT2D eigenvalue weighted by Gasteiger charge is -1.75. The number of carbonyl (C=O) groups is 1. The molecule has 0 aliphatic heterocycles. The molecule has 0 aromatic rings. The second-order valence-corrected chi connectivity index (χ2v) is 1.95. The summed E-state index contributed by atoms with van der Waals surface area (Å²) >= 11 is 0. The summed E-state index contributed by atoms with van der Waals surface area (Å²) in [5.41, 5.74) is 0. The summed E-state index contributed by atoms with van der Waals surface area (Å²) in [4.78, 5) is 9.77. The fourth-order valence-electron chi connectivity index (χ4n) is 0.615. The van der Waals surface area contributed by atoms with Crippen molar-refractivity contribution in [3.63, 3.8) is 0 Å². The minimum Gasteiger partial charge on any atom is -0.303 e. The number of carbonyl (C=O) groups excluding carboxylic acids is 1. The van der Waals surface area contributed by atoms with Crippen molar-refractivity contribution in [2.24, 2.45) is 11.8 Å². The first-order chi connectivity index (χ1) is 3.38. The maximum atomic E-state index is 11.5. The van der Waals surface area contributed by atoms with E-state index in [2.05, 4.69) is 0 Å². The van der Waals surface area contributed by atoms with Crippen LogP contribution in [0, 0.1) is 11.8 Å². The summed E-state index contributed by atoms with van der Waals surface area (Å²) in [6, 6.07) is 0. The zero-order chi connectivity index (χ0) is 5.28. The molecule has 40 valence electrons. The van der Waals surface area contributed by atoms with Gasteiger partial charge in [0, 0.05) is 5.92 Å². The third-order valence-corrected chi connectivity index (χ3v) is 1.35. The van der Waals surface area contributed by atoms with Crippen LogP contribution in [0.2, 0.25) is 0 Å². The normalized spacial score (nSPS) is 37.9. The van der Waals surface area contributed by atoms with E-state index in [-0.39, 0.29) is 18.5 Å². The van der Waals surface area contributed by atoms with Crippen LogP contribution in [0.25, 0.3) is 0 Å². The predicted octanol–water partition coefficient (Wildman–Crippen LogP) is 0.791. The number of aldehydes is 1. The molecule has 0 spiro atoms. The van der Waals surface area contributed by atoms with Crippen LogP contribution in [0.4, 0.5) is 4.39 Å². The second kappa shape index (κ2) is 1.60. The van der Waals surface area contributed by atoms with Crippen molar-refractivity contribution >= 4 is 6.29 Å². The Hall–Kier alpha value is -0.400. The summed E-state index contributed by atoms with van der Waals surface area (Å²) < 4.78 is 11.5. The SMILES string of the molecule is O=CC1CC1CF. The van der Waals surface area contributed by atoms with Gasteiger partial charge < -0.3 is 4.79 Å². The maximum Gasteiger partial charge on any atom is 0.123 e. The third-order valence-electron chi connectivity index (χ3n) is 1.35. The predicted molar refractivity (Wildman–Crippen MR) is 23.6 cm³/mol. The molecule has 2 unspecified atom stereocenters. The smallest absolute Gasteiger partial charge is 0.123 e. The molecule has 2 atom stereocenters. The van der Waals surface area contributed by atoms with Gasteiger partial charge in [0.2, 0.25) is 0 Å². The van der Waals surface area contributed by atoms with Crippen LogP contribution in [0.5, 0.6) is 0 Å². The molecule has 0 radical (unpaired) electrons. The molecule has 0 heterocycles. The molecule has 0 bridgehead atoms. The number of hydrogen-bond acceptors (Lipinski definition) is 1. The second-order valence-electron chi connectivity index (χ2n) is 1.95. The molecule has 1 rings (SSSR count). The van der Waals surface area contributed by atoms with Crippen molar-refractivity contribution < 1.29 is 9.18 Å². The van der Waals surface area contributed by atoms with Crippen molar-refractivity contribution in [3.8, 4) is 0 Å². The Bertz CT molecular complexity index is 82.1. The van der Waals surface area contributed by atoms with Crippen LogP contribution < -0.4 is 0 Å². The van der Waals surface area contributed by atoms with Crippen LogP contribution >= 0.6 is 0 Å². The maximum absolute atomic E-state index is 11.5. The molecule has 7 heavy (non-hydrogen) atoms. The molecule has 1 nitrogen and oxygen atoms in total. The van der Waals surface area contributed by atoms with Gasteiger partial charge >= 0.3 is 0 Å². The van der Waals surface area contributed by atoms with Crippen molar-refractivity contribution in [2.45, 2.75) is 6.42 Å². The van der Waals surface area contributed by atoms with E-state index in [1.165, 1.54) is 0 Å². The molecule has 0 N–H and O–H groups in total. The van der Waals surface area contributed by atoms with Gasteiger partial charge in [0.25, 0.3) is 0 Å². The minimum atomic E-state index is -0.316. The highest BCUT2D eigenvalue weighted by Gasteiger charge is 2.36. The van der Waals surface area contributed by atoms with Crippen LogP contribution in [-0.4, -0.2) is 13.0 Å². The fraction of sp³-hybridized carbons (Fsp3) is 0.800. The average molecular weight is 102 g/mol. The first-order valence-corrected chi connectivity index (χ1v) is 2.39. The quantitative estimate of drug-likeness (QED) is 0.471. The fourth-order valence-corrected chi connectivity index (χ4v) is 0.615. The van der Waals surface area contributed by atoms with E-state index >= 15 is 0 Å². The summed E-state index contributed by atoms with van der Waals surface area (Å²) in [6.07, 6.45) is 1.62. The Morgan fingerprint density at radius 1 is 1.86 bits per heavy atom. The lowest BCUT2D eigenvalue weighted by Crippen LogP contribution is -1.83. The highest BCUT2D eigenvalue weighted by Crippen LogP contribution is 2.36. The van der Waals surface area contributed by atoms with E-state index in [1.807, 2.05) is 0 Å². The number of rotatable bonds is 2. The zero-order valence-corrected chi connectivity index (χ0v) is 3.93. The molecular weight excluding hydrogens is 95.1 g/mol. The van der Waals surface area contributed by atoms with Crippen LogP contribution in [0.3, 0.4) is 0 Å². The van der Waals surface area contributed by atoms with Gasteiger partial charge in [-0.15, -0.1) is 0 Å². The van der Waals surface area contributed by atoms with Crippen LogP contribution in [0.15, 0.2) is 0 Å². The zero-order valence-electron chi connectivity index (χ0n) is 3.93. The van der Waals surface area contributed by atoms with Gasteiger partial charge in [0.05, 0.1) is 6.67 Å². The first-order valence-electron chi connectivity index (χ1n) is 2.39. The highest BCUT2D eigenvalue weighted by atomic mass is 19.1. The largest absolute Gasteiger partial charge is 0.303 e. The van der Waals surface area contributed by atoms with Gasteiger partial charge in [-0.1, -0.05) is 0 Å². The topological polar surface area (TPSA) is 17.1 Å². The Labute approximate surface area is 41.5 Å². The van der Waals surface area contributed by atoms with Crippen molar-refractivity contribution in [2.75, 3.05) is 6.67 Å². The number of halogens is 1. The molecule has 1 aliphatic rings. The van der Waals surface area contributed by atoms with Gasteiger partial charge in [0.1, 0.15) is 6.29 Å². The molecular formula is C5H7FO. The number of hydrogen-bond donors (Lipinski definition) is 0. The summed E-state index contributed by atoms with van der Waals surface area (Å²) in [5.74, 6) is 0.141. The lowest BCUT2D eigenvalue weighted by atomic mass is 10.4. The molecule has 0 saturated heterocycles. The molecule has 1 aliphatic carbocycles. The number of alkyl halides is 1. The highest BCUT2D eigenvalue weighted by molar-refractivity contribution is 5.58. The van der Waals surface area contributed by atoms with E-state index in [0.717, 1.165) is 12.7 Å². The van der Waals surface area contributed by atoms with E-state index in [4.69, 9.17) is 0 Å². The van der Waals surface area contributed by atoms with Crippen LogP contribution in [-0.2, 0) is 4.79 Å². The van der Waals surface area contributed by atoms with E-state index in [1.54, 1.807) is 0 Å². The first kappa shape index (κ1) is 4.75. The molecule has 2 heteroatoms. The van der Waals surface area contributed by atoms with E-state index in [0.29, 0.717) is 0 Å². The third kappa shape index (κ3) is 0.787. The average Bonchev–Trinajstić information content (AvgIpc) is 2.43. The van der Waals surface area contributed by atoms with Crippen molar-refractivity contribution in [1.82, 2.24) is 0 Å². The monoisotopic (exact) mass is 102 g/mol. The molecule has 1 fully saturated rings. The molecule has 0 aromatic carbocycles. The van der Waals surface area contributed by atoms with Gasteiger partial charge in [-0.05, 0) is 12.3 Å². The van der Waals surface area contributed by atoms with Crippen molar-refractivity contribution in [3.05, 3.63) is 0 Å². The Morgan fingerprint density at radius 2 is 2.57 bits per heavy atom. The van der Waals surface area contributed by atoms with E-state index in [9.17, 15) is 9.18 Å². The minimum absolute atomic E-state index is 0.0602. The van der Waals surface area contributed by atoms with Gasteiger partial charge in [-0.2, -0.15) is 0 Å². The Morgan fingerprint density at radius 3 is 2.71 bits per heavy atom. The molecule has 0 amide bonds. The van der Waals surface area contributed by atoms with Gasteiger partial charge in [-0.3, -0.25) is 4.39 Å². The standard InChI is InChI=1S/C5H7FO/c6-2-4-1-5(4)3-7/h3-5H,1-2H2. The Kier molecular flexibility index (Phi) is 1.09. The summed E-state index contributed by atoms with van der Waals surface area (Å²) in [7, 11) is 0. The summed E-state index contributed by atoms with van der Waals surface area (Å²) in [5, 5.41) is 0. The van der Waals surface area contributed by atoms with Gasteiger partial charge in [0.15, 0.2) is 0 Å². The molecule has 0 aromatic heterocycles. The van der Waals surface area contributed by atoms with Crippen molar-refractivity contribution in [1.29, 1.82) is 0 Å². The van der Waals surface area contributed by atoms with Crippen LogP contribution in [0.1, 0.15) is 6.42 Å².